The number of furan rings is 1. The highest BCUT2D eigenvalue weighted by atomic mass is 16.3. The van der Waals surface area contributed by atoms with Crippen LogP contribution in [-0.4, -0.2) is 10.9 Å². The zero-order valence-electron chi connectivity index (χ0n) is 13.7. The summed E-state index contributed by atoms with van der Waals surface area (Å²) in [5, 5.41) is 6.12. The molecule has 1 amide bonds. The first-order chi connectivity index (χ1) is 11.6. The maximum Gasteiger partial charge on any atom is 0.274 e. The van der Waals surface area contributed by atoms with Gasteiger partial charge in [-0.1, -0.05) is 18.2 Å². The van der Waals surface area contributed by atoms with E-state index < -0.39 is 0 Å². The van der Waals surface area contributed by atoms with Gasteiger partial charge in [-0.15, -0.1) is 0 Å². The number of rotatable bonds is 5. The Kier molecular flexibility index (Phi) is 4.61. The minimum Gasteiger partial charge on any atom is -0.467 e. The first-order valence-electron chi connectivity index (χ1n) is 7.73. The highest BCUT2D eigenvalue weighted by molar-refractivity contribution is 6.03. The van der Waals surface area contributed by atoms with Crippen LogP contribution in [0.15, 0.2) is 59.3 Å². The van der Waals surface area contributed by atoms with Gasteiger partial charge in [0, 0.05) is 5.69 Å². The molecule has 5 nitrogen and oxygen atoms in total. The summed E-state index contributed by atoms with van der Waals surface area (Å²) < 4.78 is 5.26. The molecule has 0 radical (unpaired) electrons. The lowest BCUT2D eigenvalue weighted by Gasteiger charge is -2.11. The molecule has 2 heterocycles. The second-order valence-corrected chi connectivity index (χ2v) is 5.59. The van der Waals surface area contributed by atoms with Crippen LogP contribution in [0.25, 0.3) is 0 Å². The van der Waals surface area contributed by atoms with Crippen molar-refractivity contribution in [3.63, 3.8) is 0 Å². The Morgan fingerprint density at radius 2 is 1.88 bits per heavy atom. The van der Waals surface area contributed by atoms with Crippen molar-refractivity contribution in [1.29, 1.82) is 0 Å². The number of para-hydroxylation sites is 1. The standard InChI is InChI=1S/C19H19N3O2/c1-13-5-3-6-14(2)18(13)22-19(23)17-9-8-15(11-21-17)20-12-16-7-4-10-24-16/h3-11,20H,12H2,1-2H3,(H,22,23). The molecule has 0 fully saturated rings. The molecule has 5 heteroatoms. The summed E-state index contributed by atoms with van der Waals surface area (Å²) in [7, 11) is 0. The number of nitrogens with one attached hydrogen (secondary N) is 2. The van der Waals surface area contributed by atoms with Crippen molar-refractivity contribution in [1.82, 2.24) is 4.98 Å². The Morgan fingerprint density at radius 3 is 2.50 bits per heavy atom. The van der Waals surface area contributed by atoms with Crippen molar-refractivity contribution in [2.75, 3.05) is 10.6 Å². The van der Waals surface area contributed by atoms with Gasteiger partial charge in [-0.2, -0.15) is 0 Å². The fraction of sp³-hybridized carbons (Fsp3) is 0.158. The summed E-state index contributed by atoms with van der Waals surface area (Å²) in [6.45, 7) is 4.51. The Labute approximate surface area is 140 Å². The highest BCUT2D eigenvalue weighted by Crippen LogP contribution is 2.20. The van der Waals surface area contributed by atoms with E-state index in [0.717, 1.165) is 28.3 Å². The molecule has 0 aliphatic carbocycles. The van der Waals surface area contributed by atoms with Crippen LogP contribution in [-0.2, 0) is 6.54 Å². The Hall–Kier alpha value is -3.08. The van der Waals surface area contributed by atoms with Crippen LogP contribution in [0.2, 0.25) is 0 Å². The molecule has 2 aromatic heterocycles. The third kappa shape index (κ3) is 3.63. The topological polar surface area (TPSA) is 67.2 Å². The van der Waals surface area contributed by atoms with Gasteiger partial charge in [0.2, 0.25) is 0 Å². The van der Waals surface area contributed by atoms with Crippen LogP contribution in [0.5, 0.6) is 0 Å². The van der Waals surface area contributed by atoms with E-state index in [4.69, 9.17) is 4.42 Å². The summed E-state index contributed by atoms with van der Waals surface area (Å²) >= 11 is 0. The Balaban J connectivity index is 1.65. The summed E-state index contributed by atoms with van der Waals surface area (Å²) in [5.74, 6) is 0.622. The fourth-order valence-corrected chi connectivity index (χ4v) is 2.42. The van der Waals surface area contributed by atoms with E-state index in [2.05, 4.69) is 15.6 Å². The predicted octanol–water partition coefficient (Wildman–Crippen LogP) is 4.16. The van der Waals surface area contributed by atoms with Crippen molar-refractivity contribution in [2.24, 2.45) is 0 Å². The molecule has 0 saturated heterocycles. The molecule has 0 aliphatic heterocycles. The number of aryl methyl sites for hydroxylation is 2. The number of carbonyl (C=O) groups excluding carboxylic acids is 1. The van der Waals surface area contributed by atoms with Gasteiger partial charge in [-0.25, -0.2) is 4.98 Å². The number of hydrogen-bond donors (Lipinski definition) is 2. The molecule has 122 valence electrons. The van der Waals surface area contributed by atoms with E-state index in [1.807, 2.05) is 50.2 Å². The van der Waals surface area contributed by atoms with E-state index in [0.29, 0.717) is 12.2 Å². The number of amides is 1. The quantitative estimate of drug-likeness (QED) is 0.740. The molecule has 0 aliphatic rings. The number of pyridine rings is 1. The maximum absolute atomic E-state index is 12.4. The fourth-order valence-electron chi connectivity index (χ4n) is 2.42. The first kappa shape index (κ1) is 15.8. The lowest BCUT2D eigenvalue weighted by molar-refractivity contribution is 0.102. The molecule has 0 atom stereocenters. The largest absolute Gasteiger partial charge is 0.467 e. The van der Waals surface area contributed by atoms with Crippen molar-refractivity contribution in [3.8, 4) is 0 Å². The molecule has 1 aromatic carbocycles. The van der Waals surface area contributed by atoms with Gasteiger partial charge >= 0.3 is 0 Å². The molecule has 3 aromatic rings. The number of aromatic nitrogens is 1. The molecule has 0 saturated carbocycles. The zero-order chi connectivity index (χ0) is 16.9. The number of carbonyl (C=O) groups is 1. The highest BCUT2D eigenvalue weighted by Gasteiger charge is 2.10. The second-order valence-electron chi connectivity index (χ2n) is 5.59. The number of nitrogens with zero attached hydrogens (tertiary/aromatic N) is 1. The van der Waals surface area contributed by atoms with Crippen LogP contribution < -0.4 is 10.6 Å². The van der Waals surface area contributed by atoms with Crippen molar-refractivity contribution < 1.29 is 9.21 Å². The van der Waals surface area contributed by atoms with Gasteiger partial charge in [0.25, 0.3) is 5.91 Å². The predicted molar refractivity (Wildman–Crippen MR) is 94.1 cm³/mol. The van der Waals surface area contributed by atoms with Crippen LogP contribution in [0.1, 0.15) is 27.4 Å². The minimum atomic E-state index is -0.218. The first-order valence-corrected chi connectivity index (χ1v) is 7.73. The molecule has 3 rings (SSSR count). The van der Waals surface area contributed by atoms with Crippen molar-refractivity contribution in [2.45, 2.75) is 20.4 Å². The average Bonchev–Trinajstić information content (AvgIpc) is 3.10. The Morgan fingerprint density at radius 1 is 1.08 bits per heavy atom. The van der Waals surface area contributed by atoms with Gasteiger partial charge in [-0.05, 0) is 49.2 Å². The normalized spacial score (nSPS) is 10.4. The molecule has 2 N–H and O–H groups in total. The summed E-state index contributed by atoms with van der Waals surface area (Å²) in [6.07, 6.45) is 3.28. The number of hydrogen-bond acceptors (Lipinski definition) is 4. The lowest BCUT2D eigenvalue weighted by Crippen LogP contribution is -2.15. The number of benzene rings is 1. The average molecular weight is 321 g/mol. The summed E-state index contributed by atoms with van der Waals surface area (Å²) in [4.78, 5) is 16.6. The van der Waals surface area contributed by atoms with Gasteiger partial charge in [0.15, 0.2) is 0 Å². The smallest absolute Gasteiger partial charge is 0.274 e. The van der Waals surface area contributed by atoms with E-state index in [9.17, 15) is 4.79 Å². The summed E-state index contributed by atoms with van der Waals surface area (Å²) in [6, 6.07) is 13.2. The monoisotopic (exact) mass is 321 g/mol. The molecule has 24 heavy (non-hydrogen) atoms. The van der Waals surface area contributed by atoms with Gasteiger partial charge in [-0.3, -0.25) is 4.79 Å². The van der Waals surface area contributed by atoms with Crippen LogP contribution in [0, 0.1) is 13.8 Å². The Bertz CT molecular complexity index is 804. The van der Waals surface area contributed by atoms with Gasteiger partial charge in [0.1, 0.15) is 11.5 Å². The second kappa shape index (κ2) is 7.00. The maximum atomic E-state index is 12.4. The van der Waals surface area contributed by atoms with Crippen LogP contribution in [0.4, 0.5) is 11.4 Å². The number of anilines is 2. The SMILES string of the molecule is Cc1cccc(C)c1NC(=O)c1ccc(NCc2ccco2)cn1. The third-order valence-corrected chi connectivity index (χ3v) is 3.76. The van der Waals surface area contributed by atoms with Crippen LogP contribution in [0.3, 0.4) is 0 Å². The van der Waals surface area contributed by atoms with Gasteiger partial charge < -0.3 is 15.1 Å². The molecule has 0 unspecified atom stereocenters. The molecular formula is C19H19N3O2. The third-order valence-electron chi connectivity index (χ3n) is 3.76. The van der Waals surface area contributed by atoms with Gasteiger partial charge in [0.05, 0.1) is 24.7 Å². The van der Waals surface area contributed by atoms with E-state index in [-0.39, 0.29) is 5.91 Å². The van der Waals surface area contributed by atoms with E-state index >= 15 is 0 Å². The van der Waals surface area contributed by atoms with Crippen molar-refractivity contribution in [3.05, 3.63) is 77.5 Å². The van der Waals surface area contributed by atoms with E-state index in [1.54, 1.807) is 18.5 Å². The van der Waals surface area contributed by atoms with Crippen LogP contribution >= 0.6 is 0 Å². The molecule has 0 spiro atoms. The van der Waals surface area contributed by atoms with E-state index in [1.165, 1.54) is 0 Å². The van der Waals surface area contributed by atoms with Crippen molar-refractivity contribution >= 4 is 17.3 Å². The minimum absolute atomic E-state index is 0.218. The molecular weight excluding hydrogens is 302 g/mol. The molecule has 0 bridgehead atoms. The zero-order valence-corrected chi connectivity index (χ0v) is 13.7. The lowest BCUT2D eigenvalue weighted by atomic mass is 10.1. The summed E-state index contributed by atoms with van der Waals surface area (Å²) in [5.41, 5.74) is 4.10.